The zero-order valence-electron chi connectivity index (χ0n) is 13.3. The maximum absolute atomic E-state index is 12.5. The molecule has 1 aliphatic heterocycles. The number of halogens is 1. The van der Waals surface area contributed by atoms with E-state index < -0.39 is 10.0 Å². The second kappa shape index (κ2) is 9.22. The second-order valence-electron chi connectivity index (χ2n) is 5.31. The molecule has 130 valence electrons. The molecule has 0 spiro atoms. The molecule has 0 unspecified atom stereocenters. The third kappa shape index (κ3) is 5.17. The van der Waals surface area contributed by atoms with Crippen LogP contribution in [0, 0.1) is 0 Å². The Hall–Kier alpha value is -1.15. The summed E-state index contributed by atoms with van der Waals surface area (Å²) >= 11 is 0. The Bertz CT molecular complexity index is 587. The van der Waals surface area contributed by atoms with Crippen molar-refractivity contribution >= 4 is 28.3 Å². The van der Waals surface area contributed by atoms with E-state index in [1.807, 2.05) is 7.05 Å². The van der Waals surface area contributed by atoms with Gasteiger partial charge in [0.15, 0.2) is 0 Å². The number of carbonyl (C=O) groups excluding carboxylic acids is 1. The van der Waals surface area contributed by atoms with Crippen molar-refractivity contribution in [1.29, 1.82) is 0 Å². The van der Waals surface area contributed by atoms with Gasteiger partial charge in [0.2, 0.25) is 15.9 Å². The lowest BCUT2D eigenvalue weighted by Crippen LogP contribution is -2.50. The monoisotopic (exact) mass is 361 g/mol. The maximum Gasteiger partial charge on any atom is 0.243 e. The van der Waals surface area contributed by atoms with Gasteiger partial charge in [0, 0.05) is 32.6 Å². The molecule has 0 saturated carbocycles. The van der Waals surface area contributed by atoms with E-state index in [0.717, 1.165) is 13.0 Å². The van der Waals surface area contributed by atoms with Crippen LogP contribution in [0.1, 0.15) is 12.8 Å². The molecule has 0 bridgehead atoms. The first-order valence-electron chi connectivity index (χ1n) is 7.53. The molecule has 1 amide bonds. The van der Waals surface area contributed by atoms with Crippen molar-refractivity contribution in [1.82, 2.24) is 14.5 Å². The number of carbonyl (C=O) groups is 1. The molecular weight excluding hydrogens is 338 g/mol. The van der Waals surface area contributed by atoms with Gasteiger partial charge in [-0.3, -0.25) is 4.79 Å². The molecule has 6 nitrogen and oxygen atoms in total. The van der Waals surface area contributed by atoms with Crippen LogP contribution in [0.25, 0.3) is 0 Å². The van der Waals surface area contributed by atoms with E-state index in [2.05, 4.69) is 5.32 Å². The molecule has 1 saturated heterocycles. The first kappa shape index (κ1) is 19.9. The van der Waals surface area contributed by atoms with E-state index in [0.29, 0.717) is 37.5 Å². The first-order valence-corrected chi connectivity index (χ1v) is 8.97. The molecule has 0 radical (unpaired) electrons. The van der Waals surface area contributed by atoms with E-state index in [1.165, 1.54) is 4.31 Å². The number of hydrogen-bond donors (Lipinski definition) is 1. The van der Waals surface area contributed by atoms with Gasteiger partial charge in [-0.05, 0) is 32.1 Å². The zero-order chi connectivity index (χ0) is 16.0. The van der Waals surface area contributed by atoms with Gasteiger partial charge in [-0.2, -0.15) is 4.31 Å². The van der Waals surface area contributed by atoms with E-state index >= 15 is 0 Å². The van der Waals surface area contributed by atoms with Gasteiger partial charge in [-0.25, -0.2) is 8.42 Å². The van der Waals surface area contributed by atoms with Crippen LogP contribution in [0.2, 0.25) is 0 Å². The molecule has 8 heteroatoms. The number of sulfonamides is 1. The van der Waals surface area contributed by atoms with Gasteiger partial charge >= 0.3 is 0 Å². The van der Waals surface area contributed by atoms with Crippen molar-refractivity contribution in [3.05, 3.63) is 30.3 Å². The normalized spacial score (nSPS) is 16.0. The molecule has 1 aliphatic rings. The minimum absolute atomic E-state index is 0. The van der Waals surface area contributed by atoms with Crippen molar-refractivity contribution in [3.63, 3.8) is 0 Å². The molecule has 1 fully saturated rings. The van der Waals surface area contributed by atoms with Gasteiger partial charge in [0.1, 0.15) is 0 Å². The van der Waals surface area contributed by atoms with Crippen molar-refractivity contribution < 1.29 is 13.2 Å². The summed E-state index contributed by atoms with van der Waals surface area (Å²) in [5.74, 6) is 0.104. The Morgan fingerprint density at radius 1 is 1.13 bits per heavy atom. The third-order valence-electron chi connectivity index (χ3n) is 3.79. The number of amides is 1. The van der Waals surface area contributed by atoms with Gasteiger partial charge < -0.3 is 10.2 Å². The molecule has 1 aromatic carbocycles. The number of nitrogens with zero attached hydrogens (tertiary/aromatic N) is 2. The molecule has 1 N–H and O–H groups in total. The van der Waals surface area contributed by atoms with Crippen LogP contribution >= 0.6 is 12.4 Å². The van der Waals surface area contributed by atoms with Crippen molar-refractivity contribution in [3.8, 4) is 0 Å². The fourth-order valence-corrected chi connectivity index (χ4v) is 3.94. The molecule has 2 rings (SSSR count). The van der Waals surface area contributed by atoms with Crippen LogP contribution in [0.4, 0.5) is 0 Å². The lowest BCUT2D eigenvalue weighted by Gasteiger charge is -2.34. The van der Waals surface area contributed by atoms with E-state index in [9.17, 15) is 13.2 Å². The van der Waals surface area contributed by atoms with Gasteiger partial charge in [-0.15, -0.1) is 12.4 Å². The number of piperazine rings is 1. The van der Waals surface area contributed by atoms with Crippen molar-refractivity contribution in [2.45, 2.75) is 17.7 Å². The fourth-order valence-electron chi connectivity index (χ4n) is 2.49. The zero-order valence-corrected chi connectivity index (χ0v) is 14.9. The van der Waals surface area contributed by atoms with E-state index in [1.54, 1.807) is 35.2 Å². The molecule has 1 heterocycles. The van der Waals surface area contributed by atoms with Crippen LogP contribution in [-0.2, 0) is 14.8 Å². The highest BCUT2D eigenvalue weighted by atomic mass is 35.5. The average Bonchev–Trinajstić information content (AvgIpc) is 2.56. The van der Waals surface area contributed by atoms with Crippen LogP contribution in [0.3, 0.4) is 0 Å². The Kier molecular flexibility index (Phi) is 7.98. The molecule has 0 aliphatic carbocycles. The topological polar surface area (TPSA) is 69.7 Å². The summed E-state index contributed by atoms with van der Waals surface area (Å²) in [4.78, 5) is 14.1. The minimum Gasteiger partial charge on any atom is -0.340 e. The summed E-state index contributed by atoms with van der Waals surface area (Å²) in [7, 11) is -1.59. The smallest absolute Gasteiger partial charge is 0.243 e. The van der Waals surface area contributed by atoms with Crippen LogP contribution < -0.4 is 5.32 Å². The van der Waals surface area contributed by atoms with Gasteiger partial charge in [0.05, 0.1) is 4.90 Å². The largest absolute Gasteiger partial charge is 0.340 e. The van der Waals surface area contributed by atoms with Crippen LogP contribution in [0.15, 0.2) is 35.2 Å². The molecule has 23 heavy (non-hydrogen) atoms. The second-order valence-corrected chi connectivity index (χ2v) is 7.24. The molecular formula is C15H24ClN3O3S. The lowest BCUT2D eigenvalue weighted by molar-refractivity contribution is -0.132. The quantitative estimate of drug-likeness (QED) is 0.766. The predicted octanol–water partition coefficient (Wildman–Crippen LogP) is 0.941. The summed E-state index contributed by atoms with van der Waals surface area (Å²) in [6.07, 6.45) is 1.31. The number of rotatable bonds is 6. The Morgan fingerprint density at radius 3 is 2.30 bits per heavy atom. The summed E-state index contributed by atoms with van der Waals surface area (Å²) in [6.45, 7) is 2.45. The maximum atomic E-state index is 12.5. The molecule has 1 aromatic rings. The average molecular weight is 362 g/mol. The fraction of sp³-hybridized carbons (Fsp3) is 0.533. The SMILES string of the molecule is CNCCCC(=O)N1CCN(S(=O)(=O)c2ccccc2)CC1.Cl. The molecule has 0 atom stereocenters. The third-order valence-corrected chi connectivity index (χ3v) is 5.70. The van der Waals surface area contributed by atoms with Gasteiger partial charge in [0.25, 0.3) is 0 Å². The first-order chi connectivity index (χ1) is 10.6. The van der Waals surface area contributed by atoms with Crippen LogP contribution in [0.5, 0.6) is 0 Å². The van der Waals surface area contributed by atoms with E-state index in [4.69, 9.17) is 0 Å². The predicted molar refractivity (Wildman–Crippen MR) is 92.2 cm³/mol. The Morgan fingerprint density at radius 2 is 1.74 bits per heavy atom. The highest BCUT2D eigenvalue weighted by Gasteiger charge is 2.29. The number of nitrogens with one attached hydrogen (secondary N) is 1. The summed E-state index contributed by atoms with van der Waals surface area (Å²) in [5, 5.41) is 3.01. The standard InChI is InChI=1S/C15H23N3O3S.ClH/c1-16-9-5-8-15(19)17-10-12-18(13-11-17)22(20,21)14-6-3-2-4-7-14;/h2-4,6-7,16H,5,8-13H2,1H3;1H. The number of hydrogen-bond acceptors (Lipinski definition) is 4. The highest BCUT2D eigenvalue weighted by molar-refractivity contribution is 7.89. The summed E-state index contributed by atoms with van der Waals surface area (Å²) in [6, 6.07) is 8.43. The number of benzene rings is 1. The Balaban J connectivity index is 0.00000264. The van der Waals surface area contributed by atoms with E-state index in [-0.39, 0.29) is 18.3 Å². The lowest BCUT2D eigenvalue weighted by atomic mass is 10.2. The highest BCUT2D eigenvalue weighted by Crippen LogP contribution is 2.17. The van der Waals surface area contributed by atoms with Crippen molar-refractivity contribution in [2.24, 2.45) is 0 Å². The minimum atomic E-state index is -3.45. The van der Waals surface area contributed by atoms with Crippen molar-refractivity contribution in [2.75, 3.05) is 39.8 Å². The molecule has 0 aromatic heterocycles. The summed E-state index contributed by atoms with van der Waals surface area (Å²) < 4.78 is 26.4. The Labute approximate surface area is 144 Å². The van der Waals surface area contributed by atoms with Crippen LogP contribution in [-0.4, -0.2) is 63.3 Å². The summed E-state index contributed by atoms with van der Waals surface area (Å²) in [5.41, 5.74) is 0. The van der Waals surface area contributed by atoms with Gasteiger partial charge in [-0.1, -0.05) is 18.2 Å².